The Morgan fingerprint density at radius 3 is 3.06 bits per heavy atom. The monoisotopic (exact) mass is 288 g/mol. The van der Waals surface area contributed by atoms with Crippen molar-refractivity contribution in [2.45, 2.75) is 32.3 Å². The number of aryl methyl sites for hydroxylation is 1. The summed E-state index contributed by atoms with van der Waals surface area (Å²) in [5.74, 6) is 0.510. The Balaban J connectivity index is 2.22. The van der Waals surface area contributed by atoms with Crippen molar-refractivity contribution in [1.29, 1.82) is 0 Å². The number of aliphatic hydroxyl groups is 1. The van der Waals surface area contributed by atoms with Crippen LogP contribution in [-0.2, 0) is 17.6 Å². The number of thioether (sulfide) groups is 1. The zero-order chi connectivity index (χ0) is 13.4. The Bertz CT molecular complexity index is 369. The molecule has 0 aliphatic carbocycles. The lowest BCUT2D eigenvalue weighted by Crippen LogP contribution is -2.36. The van der Waals surface area contributed by atoms with Gasteiger partial charge in [0.1, 0.15) is 6.10 Å². The molecule has 6 heteroatoms. The second kappa shape index (κ2) is 8.50. The SMILES string of the molecule is CCc1nc(CCNC(=O)[C@H](O)CCSC)cs1. The van der Waals surface area contributed by atoms with Crippen molar-refractivity contribution in [1.82, 2.24) is 10.3 Å². The van der Waals surface area contributed by atoms with Gasteiger partial charge in [0.2, 0.25) is 5.91 Å². The van der Waals surface area contributed by atoms with E-state index in [4.69, 9.17) is 0 Å². The number of nitrogens with zero attached hydrogens (tertiary/aromatic N) is 1. The second-order valence-corrected chi connectivity index (χ2v) is 5.85. The van der Waals surface area contributed by atoms with Gasteiger partial charge < -0.3 is 10.4 Å². The fraction of sp³-hybridized carbons (Fsp3) is 0.667. The van der Waals surface area contributed by atoms with Gasteiger partial charge in [0.25, 0.3) is 0 Å². The number of aliphatic hydroxyl groups excluding tert-OH is 1. The average Bonchev–Trinajstić information content (AvgIpc) is 2.83. The van der Waals surface area contributed by atoms with Gasteiger partial charge >= 0.3 is 0 Å². The summed E-state index contributed by atoms with van der Waals surface area (Å²) in [6.45, 7) is 2.61. The highest BCUT2D eigenvalue weighted by Gasteiger charge is 2.13. The summed E-state index contributed by atoms with van der Waals surface area (Å²) in [6.07, 6.45) is 3.24. The third-order valence-electron chi connectivity index (χ3n) is 2.48. The van der Waals surface area contributed by atoms with Crippen LogP contribution in [0.1, 0.15) is 24.0 Å². The van der Waals surface area contributed by atoms with Crippen LogP contribution in [0.3, 0.4) is 0 Å². The molecule has 0 aliphatic rings. The van der Waals surface area contributed by atoms with E-state index in [9.17, 15) is 9.90 Å². The summed E-state index contributed by atoms with van der Waals surface area (Å²) < 4.78 is 0. The number of amides is 1. The van der Waals surface area contributed by atoms with Gasteiger partial charge in [-0.1, -0.05) is 6.92 Å². The molecule has 0 unspecified atom stereocenters. The normalized spacial score (nSPS) is 12.4. The van der Waals surface area contributed by atoms with Gasteiger partial charge in [0.15, 0.2) is 0 Å². The number of carbonyl (C=O) groups excluding carboxylic acids is 1. The third-order valence-corrected chi connectivity index (χ3v) is 4.17. The molecule has 0 fully saturated rings. The number of hydrogen-bond donors (Lipinski definition) is 2. The Morgan fingerprint density at radius 1 is 1.67 bits per heavy atom. The van der Waals surface area contributed by atoms with Gasteiger partial charge in [0, 0.05) is 18.3 Å². The van der Waals surface area contributed by atoms with E-state index < -0.39 is 6.10 Å². The first-order valence-corrected chi connectivity index (χ1v) is 8.32. The van der Waals surface area contributed by atoms with Crippen LogP contribution in [0.25, 0.3) is 0 Å². The summed E-state index contributed by atoms with van der Waals surface area (Å²) >= 11 is 3.27. The molecular formula is C12H20N2O2S2. The molecule has 0 saturated heterocycles. The van der Waals surface area contributed by atoms with E-state index in [2.05, 4.69) is 17.2 Å². The molecule has 1 aromatic heterocycles. The number of nitrogens with one attached hydrogen (secondary N) is 1. The summed E-state index contributed by atoms with van der Waals surface area (Å²) in [5.41, 5.74) is 1.01. The Morgan fingerprint density at radius 2 is 2.44 bits per heavy atom. The third kappa shape index (κ3) is 5.37. The van der Waals surface area contributed by atoms with Gasteiger partial charge in [-0.25, -0.2) is 4.98 Å². The van der Waals surface area contributed by atoms with Crippen LogP contribution in [0.15, 0.2) is 5.38 Å². The van der Waals surface area contributed by atoms with Crippen LogP contribution >= 0.6 is 23.1 Å². The summed E-state index contributed by atoms with van der Waals surface area (Å²) in [6, 6.07) is 0. The minimum atomic E-state index is -0.890. The van der Waals surface area contributed by atoms with Gasteiger partial charge in [-0.05, 0) is 24.9 Å². The molecule has 1 heterocycles. The Labute approximate surface area is 116 Å². The maximum Gasteiger partial charge on any atom is 0.248 e. The molecule has 2 N–H and O–H groups in total. The molecule has 18 heavy (non-hydrogen) atoms. The predicted octanol–water partition coefficient (Wildman–Crippen LogP) is 1.48. The zero-order valence-corrected chi connectivity index (χ0v) is 12.4. The fourth-order valence-corrected chi connectivity index (χ4v) is 2.66. The average molecular weight is 288 g/mol. The first kappa shape index (κ1) is 15.5. The summed E-state index contributed by atoms with van der Waals surface area (Å²) in [4.78, 5) is 15.9. The lowest BCUT2D eigenvalue weighted by molar-refractivity contribution is -0.129. The topological polar surface area (TPSA) is 62.2 Å². The van der Waals surface area contributed by atoms with E-state index in [1.54, 1.807) is 23.1 Å². The standard InChI is InChI=1S/C12H20N2O2S2/c1-3-11-14-9(8-18-11)4-6-13-12(16)10(15)5-7-17-2/h8,10,15H,3-7H2,1-2H3,(H,13,16)/t10-/m1/s1. The maximum absolute atomic E-state index is 11.5. The maximum atomic E-state index is 11.5. The number of thiazole rings is 1. The van der Waals surface area contributed by atoms with Crippen LogP contribution < -0.4 is 5.32 Å². The van der Waals surface area contributed by atoms with E-state index >= 15 is 0 Å². The lowest BCUT2D eigenvalue weighted by Gasteiger charge is -2.09. The van der Waals surface area contributed by atoms with Crippen LogP contribution in [0, 0.1) is 0 Å². The Hall–Kier alpha value is -0.590. The quantitative estimate of drug-likeness (QED) is 0.760. The number of carbonyl (C=O) groups is 1. The molecule has 0 aromatic carbocycles. The first-order valence-electron chi connectivity index (χ1n) is 6.05. The van der Waals surface area contributed by atoms with E-state index in [-0.39, 0.29) is 5.91 Å². The van der Waals surface area contributed by atoms with Crippen molar-refractivity contribution in [3.63, 3.8) is 0 Å². The van der Waals surface area contributed by atoms with E-state index in [0.29, 0.717) is 13.0 Å². The molecule has 1 amide bonds. The van der Waals surface area contributed by atoms with E-state index in [0.717, 1.165) is 29.3 Å². The summed E-state index contributed by atoms with van der Waals surface area (Å²) in [7, 11) is 0. The molecule has 1 aromatic rings. The van der Waals surface area contributed by atoms with Crippen molar-refractivity contribution in [2.75, 3.05) is 18.6 Å². The van der Waals surface area contributed by atoms with Crippen LogP contribution in [0.4, 0.5) is 0 Å². The van der Waals surface area contributed by atoms with Crippen molar-refractivity contribution < 1.29 is 9.90 Å². The van der Waals surface area contributed by atoms with Crippen molar-refractivity contribution in [3.8, 4) is 0 Å². The van der Waals surface area contributed by atoms with Gasteiger partial charge in [-0.2, -0.15) is 11.8 Å². The molecule has 4 nitrogen and oxygen atoms in total. The van der Waals surface area contributed by atoms with Gasteiger partial charge in [-0.15, -0.1) is 11.3 Å². The van der Waals surface area contributed by atoms with Gasteiger partial charge in [-0.3, -0.25) is 4.79 Å². The molecule has 0 radical (unpaired) electrons. The number of aromatic nitrogens is 1. The largest absolute Gasteiger partial charge is 0.383 e. The zero-order valence-electron chi connectivity index (χ0n) is 10.8. The smallest absolute Gasteiger partial charge is 0.248 e. The molecule has 0 spiro atoms. The molecule has 1 atom stereocenters. The summed E-state index contributed by atoms with van der Waals surface area (Å²) in [5, 5.41) is 15.4. The number of hydrogen-bond acceptors (Lipinski definition) is 5. The molecule has 102 valence electrons. The Kier molecular flexibility index (Phi) is 7.31. The highest BCUT2D eigenvalue weighted by molar-refractivity contribution is 7.98. The minimum Gasteiger partial charge on any atom is -0.383 e. The van der Waals surface area contributed by atoms with Crippen LogP contribution in [0.5, 0.6) is 0 Å². The molecule has 0 saturated carbocycles. The minimum absolute atomic E-state index is 0.282. The molecule has 0 aliphatic heterocycles. The molecular weight excluding hydrogens is 268 g/mol. The molecule has 1 rings (SSSR count). The van der Waals surface area contributed by atoms with E-state index in [1.165, 1.54) is 0 Å². The first-order chi connectivity index (χ1) is 8.67. The number of rotatable bonds is 8. The van der Waals surface area contributed by atoms with Crippen molar-refractivity contribution in [3.05, 3.63) is 16.1 Å². The predicted molar refractivity (Wildman–Crippen MR) is 77.2 cm³/mol. The lowest BCUT2D eigenvalue weighted by atomic mass is 10.2. The highest BCUT2D eigenvalue weighted by Crippen LogP contribution is 2.10. The van der Waals surface area contributed by atoms with E-state index in [1.807, 2.05) is 11.6 Å². The van der Waals surface area contributed by atoms with Crippen LogP contribution in [0.2, 0.25) is 0 Å². The van der Waals surface area contributed by atoms with Gasteiger partial charge in [0.05, 0.1) is 10.7 Å². The van der Waals surface area contributed by atoms with Crippen LogP contribution in [-0.4, -0.2) is 40.7 Å². The molecule has 0 bridgehead atoms. The van der Waals surface area contributed by atoms with Crippen molar-refractivity contribution >= 4 is 29.0 Å². The second-order valence-electron chi connectivity index (χ2n) is 3.92. The highest BCUT2D eigenvalue weighted by atomic mass is 32.2. The fourth-order valence-electron chi connectivity index (χ4n) is 1.42. The van der Waals surface area contributed by atoms with Crippen molar-refractivity contribution in [2.24, 2.45) is 0 Å².